The van der Waals surface area contributed by atoms with E-state index in [1.54, 1.807) is 7.11 Å². The number of unbranched alkanes of at least 4 members (excludes halogenated alkanes) is 7. The highest BCUT2D eigenvalue weighted by molar-refractivity contribution is 5.78. The van der Waals surface area contributed by atoms with E-state index in [1.165, 1.54) is 44.9 Å². The zero-order valence-corrected chi connectivity index (χ0v) is 12.7. The van der Waals surface area contributed by atoms with Gasteiger partial charge in [-0.05, 0) is 19.8 Å². The summed E-state index contributed by atoms with van der Waals surface area (Å²) in [5, 5.41) is 0. The normalized spacial score (nSPS) is 12.6. The van der Waals surface area contributed by atoms with Crippen LogP contribution in [0.5, 0.6) is 0 Å². The second-order valence-corrected chi connectivity index (χ2v) is 5.35. The molecule has 0 bridgehead atoms. The Bertz CT molecular complexity index is 190. The van der Waals surface area contributed by atoms with Crippen LogP contribution in [-0.2, 0) is 9.53 Å². The summed E-state index contributed by atoms with van der Waals surface area (Å²) < 4.78 is 5.14. The van der Waals surface area contributed by atoms with Crippen molar-refractivity contribution in [2.45, 2.75) is 90.6 Å². The van der Waals surface area contributed by atoms with Gasteiger partial charge in [-0.2, -0.15) is 0 Å². The van der Waals surface area contributed by atoms with Crippen LogP contribution in [0.3, 0.4) is 0 Å². The summed E-state index contributed by atoms with van der Waals surface area (Å²) in [6.07, 6.45) is 12.9. The summed E-state index contributed by atoms with van der Waals surface area (Å²) in [6.45, 7) is 4.26. The number of hydrogen-bond acceptors (Lipinski definition) is 2. The number of carbonyl (C=O) groups excluding carboxylic acids is 1. The highest BCUT2D eigenvalue weighted by Crippen LogP contribution is 2.11. The van der Waals surface area contributed by atoms with E-state index >= 15 is 0 Å². The molecule has 0 amide bonds. The molecule has 0 saturated carbocycles. The second kappa shape index (κ2) is 13.1. The van der Waals surface area contributed by atoms with Crippen LogP contribution in [-0.4, -0.2) is 19.0 Å². The number of methoxy groups -OCH3 is 1. The van der Waals surface area contributed by atoms with Gasteiger partial charge < -0.3 is 4.74 Å². The Morgan fingerprint density at radius 2 is 1.50 bits per heavy atom. The summed E-state index contributed by atoms with van der Waals surface area (Å²) >= 11 is 0. The number of ether oxygens (including phenoxy) is 1. The lowest BCUT2D eigenvalue weighted by atomic mass is 10.0. The van der Waals surface area contributed by atoms with Crippen LogP contribution in [0.15, 0.2) is 0 Å². The van der Waals surface area contributed by atoms with Gasteiger partial charge in [0.25, 0.3) is 0 Å². The maximum atomic E-state index is 11.6. The van der Waals surface area contributed by atoms with E-state index in [4.69, 9.17) is 4.74 Å². The summed E-state index contributed by atoms with van der Waals surface area (Å²) in [7, 11) is 1.70. The Balaban J connectivity index is 3.20. The first-order valence-electron chi connectivity index (χ1n) is 7.75. The lowest BCUT2D eigenvalue weighted by molar-refractivity contribution is -0.119. The Hall–Kier alpha value is -0.370. The van der Waals surface area contributed by atoms with Crippen LogP contribution in [0.2, 0.25) is 0 Å². The molecule has 0 heterocycles. The molecule has 0 aromatic rings. The van der Waals surface area contributed by atoms with Crippen LogP contribution >= 0.6 is 0 Å². The van der Waals surface area contributed by atoms with Gasteiger partial charge in [-0.25, -0.2) is 0 Å². The number of hydrogen-bond donors (Lipinski definition) is 0. The third kappa shape index (κ3) is 12.1. The van der Waals surface area contributed by atoms with Crippen LogP contribution in [0.25, 0.3) is 0 Å². The van der Waals surface area contributed by atoms with E-state index in [9.17, 15) is 4.79 Å². The third-order valence-electron chi connectivity index (χ3n) is 3.54. The maximum absolute atomic E-state index is 11.6. The first-order chi connectivity index (χ1) is 8.70. The highest BCUT2D eigenvalue weighted by Gasteiger charge is 2.05. The third-order valence-corrected chi connectivity index (χ3v) is 3.54. The maximum Gasteiger partial charge on any atom is 0.133 e. The van der Waals surface area contributed by atoms with Crippen LogP contribution in [0.4, 0.5) is 0 Å². The average Bonchev–Trinajstić information content (AvgIpc) is 2.39. The van der Waals surface area contributed by atoms with Crippen LogP contribution < -0.4 is 0 Å². The summed E-state index contributed by atoms with van der Waals surface area (Å²) in [4.78, 5) is 11.6. The Labute approximate surface area is 113 Å². The molecule has 2 nitrogen and oxygen atoms in total. The molecule has 1 atom stereocenters. The van der Waals surface area contributed by atoms with Gasteiger partial charge in [0.15, 0.2) is 0 Å². The molecule has 2 heteroatoms. The van der Waals surface area contributed by atoms with E-state index in [2.05, 4.69) is 6.92 Å². The molecular weight excluding hydrogens is 224 g/mol. The predicted octanol–water partition coefficient (Wildman–Crippen LogP) is 4.90. The molecule has 0 N–H and O–H groups in total. The molecule has 1 unspecified atom stereocenters. The van der Waals surface area contributed by atoms with Gasteiger partial charge >= 0.3 is 0 Å². The molecule has 0 aliphatic carbocycles. The van der Waals surface area contributed by atoms with Crippen LogP contribution in [0.1, 0.15) is 84.5 Å². The Morgan fingerprint density at radius 3 is 2.06 bits per heavy atom. The quantitative estimate of drug-likeness (QED) is 0.438. The molecule has 0 saturated heterocycles. The average molecular weight is 256 g/mol. The van der Waals surface area contributed by atoms with Crippen molar-refractivity contribution in [1.82, 2.24) is 0 Å². The van der Waals surface area contributed by atoms with E-state index in [1.807, 2.05) is 6.92 Å². The number of carbonyl (C=O) groups is 1. The molecule has 0 aromatic carbocycles. The summed E-state index contributed by atoms with van der Waals surface area (Å²) in [5.41, 5.74) is 0. The fraction of sp³-hybridized carbons (Fsp3) is 0.938. The lowest BCUT2D eigenvalue weighted by Crippen LogP contribution is -2.08. The van der Waals surface area contributed by atoms with Gasteiger partial charge in [0.05, 0.1) is 6.10 Å². The minimum absolute atomic E-state index is 0.215. The standard InChI is InChI=1S/C16H32O2/c1-4-5-6-7-8-9-10-11-12-16(17)14-13-15(2)18-3/h15H,4-14H2,1-3H3. The van der Waals surface area contributed by atoms with Crippen molar-refractivity contribution >= 4 is 5.78 Å². The zero-order valence-electron chi connectivity index (χ0n) is 12.7. The molecule has 18 heavy (non-hydrogen) atoms. The van der Waals surface area contributed by atoms with Gasteiger partial charge in [0.2, 0.25) is 0 Å². The molecule has 0 aliphatic heterocycles. The van der Waals surface area contributed by atoms with Gasteiger partial charge in [-0.15, -0.1) is 0 Å². The van der Waals surface area contributed by atoms with Crippen molar-refractivity contribution in [3.63, 3.8) is 0 Å². The van der Waals surface area contributed by atoms with E-state index in [-0.39, 0.29) is 6.10 Å². The Morgan fingerprint density at radius 1 is 0.944 bits per heavy atom. The van der Waals surface area contributed by atoms with E-state index < -0.39 is 0 Å². The summed E-state index contributed by atoms with van der Waals surface area (Å²) in [5.74, 6) is 0.407. The first-order valence-corrected chi connectivity index (χ1v) is 7.75. The van der Waals surface area contributed by atoms with E-state index in [0.29, 0.717) is 12.2 Å². The minimum atomic E-state index is 0.215. The molecule has 108 valence electrons. The number of rotatable bonds is 13. The molecule has 0 radical (unpaired) electrons. The lowest BCUT2D eigenvalue weighted by Gasteiger charge is -2.08. The van der Waals surface area contributed by atoms with Crippen molar-refractivity contribution < 1.29 is 9.53 Å². The zero-order chi connectivity index (χ0) is 13.6. The fourth-order valence-corrected chi connectivity index (χ4v) is 2.06. The molecular formula is C16H32O2. The topological polar surface area (TPSA) is 26.3 Å². The van der Waals surface area contributed by atoms with Crippen LogP contribution in [0, 0.1) is 0 Å². The largest absolute Gasteiger partial charge is 0.382 e. The number of ketones is 1. The smallest absolute Gasteiger partial charge is 0.133 e. The van der Waals surface area contributed by atoms with Crippen molar-refractivity contribution in [3.05, 3.63) is 0 Å². The first kappa shape index (κ1) is 17.6. The Kier molecular flexibility index (Phi) is 12.8. The highest BCUT2D eigenvalue weighted by atomic mass is 16.5. The van der Waals surface area contributed by atoms with Crippen molar-refractivity contribution in [1.29, 1.82) is 0 Å². The molecule has 0 fully saturated rings. The molecule has 0 rings (SSSR count). The van der Waals surface area contributed by atoms with Crippen molar-refractivity contribution in [2.75, 3.05) is 7.11 Å². The van der Waals surface area contributed by atoms with Gasteiger partial charge in [-0.3, -0.25) is 4.79 Å². The monoisotopic (exact) mass is 256 g/mol. The van der Waals surface area contributed by atoms with Crippen molar-refractivity contribution in [3.8, 4) is 0 Å². The van der Waals surface area contributed by atoms with Crippen molar-refractivity contribution in [2.24, 2.45) is 0 Å². The molecule has 0 spiro atoms. The SMILES string of the molecule is CCCCCCCCCCC(=O)CCC(C)OC. The minimum Gasteiger partial charge on any atom is -0.382 e. The molecule has 0 aliphatic rings. The number of Topliss-reactive ketones (excluding diaryl/α,β-unsaturated/α-hetero) is 1. The van der Waals surface area contributed by atoms with Gasteiger partial charge in [-0.1, -0.05) is 51.9 Å². The van der Waals surface area contributed by atoms with Gasteiger partial charge in [0, 0.05) is 20.0 Å². The molecule has 0 aromatic heterocycles. The fourth-order valence-electron chi connectivity index (χ4n) is 2.06. The van der Waals surface area contributed by atoms with E-state index in [0.717, 1.165) is 19.3 Å². The summed E-state index contributed by atoms with van der Waals surface area (Å²) in [6, 6.07) is 0. The predicted molar refractivity (Wildman–Crippen MR) is 77.9 cm³/mol. The second-order valence-electron chi connectivity index (χ2n) is 5.35. The van der Waals surface area contributed by atoms with Gasteiger partial charge in [0.1, 0.15) is 5.78 Å².